The van der Waals surface area contributed by atoms with Gasteiger partial charge in [0.2, 0.25) is 5.91 Å². The van der Waals surface area contributed by atoms with E-state index in [1.807, 2.05) is 43.0 Å². The molecular weight excluding hydrogens is 372 g/mol. The summed E-state index contributed by atoms with van der Waals surface area (Å²) in [6, 6.07) is 7.24. The molecule has 4 nitrogen and oxygen atoms in total. The number of benzene rings is 1. The second kappa shape index (κ2) is 9.15. The molecule has 2 atom stereocenters. The number of piperidine rings is 1. The van der Waals surface area contributed by atoms with E-state index < -0.39 is 11.0 Å². The number of nitrogens with one attached hydrogen (secondary N) is 1. The van der Waals surface area contributed by atoms with Crippen LogP contribution in [-0.4, -0.2) is 41.6 Å². The summed E-state index contributed by atoms with van der Waals surface area (Å²) in [6.07, 6.45) is 1.57. The molecule has 0 unspecified atom stereocenters. The highest BCUT2D eigenvalue weighted by molar-refractivity contribution is 6.30. The zero-order chi connectivity index (χ0) is 21.1. The summed E-state index contributed by atoms with van der Waals surface area (Å²) in [5.41, 5.74) is -0.578. The fourth-order valence-corrected chi connectivity index (χ4v) is 4.23. The van der Waals surface area contributed by atoms with Crippen LogP contribution in [0.15, 0.2) is 24.3 Å². The SMILES string of the molecule is CC(C)CCN[C@@H](C(=O)N1CC[C@](O)(c2ccc(Cl)cc2)C(C)(C)C1)C(C)C. The molecule has 1 aromatic rings. The van der Waals surface area contributed by atoms with Crippen LogP contribution in [0.25, 0.3) is 0 Å². The summed E-state index contributed by atoms with van der Waals surface area (Å²) in [6.45, 7) is 14.6. The van der Waals surface area contributed by atoms with Crippen molar-refractivity contribution in [2.24, 2.45) is 17.3 Å². The van der Waals surface area contributed by atoms with Crippen molar-refractivity contribution >= 4 is 17.5 Å². The lowest BCUT2D eigenvalue weighted by molar-refractivity contribution is -0.155. The first-order chi connectivity index (χ1) is 13.0. The summed E-state index contributed by atoms with van der Waals surface area (Å²) in [4.78, 5) is 15.2. The van der Waals surface area contributed by atoms with Crippen LogP contribution in [-0.2, 0) is 10.4 Å². The van der Waals surface area contributed by atoms with Gasteiger partial charge in [-0.1, -0.05) is 65.3 Å². The number of rotatable bonds is 7. The van der Waals surface area contributed by atoms with E-state index in [2.05, 4.69) is 33.0 Å². The average molecular weight is 409 g/mol. The molecule has 28 heavy (non-hydrogen) atoms. The van der Waals surface area contributed by atoms with Gasteiger partial charge in [-0.25, -0.2) is 0 Å². The van der Waals surface area contributed by atoms with Gasteiger partial charge in [0.15, 0.2) is 0 Å². The first kappa shape index (κ1) is 23.2. The minimum Gasteiger partial charge on any atom is -0.384 e. The largest absolute Gasteiger partial charge is 0.384 e. The zero-order valence-corrected chi connectivity index (χ0v) is 19.0. The molecule has 0 radical (unpaired) electrons. The lowest BCUT2D eigenvalue weighted by atomic mass is 9.66. The Kier molecular flexibility index (Phi) is 7.57. The lowest BCUT2D eigenvalue weighted by Crippen LogP contribution is -2.60. The second-order valence-corrected chi connectivity index (χ2v) is 10.1. The summed E-state index contributed by atoms with van der Waals surface area (Å²) in [5.74, 6) is 0.976. The van der Waals surface area contributed by atoms with E-state index in [0.717, 1.165) is 18.5 Å². The minimum atomic E-state index is -0.979. The number of hydrogen-bond acceptors (Lipinski definition) is 3. The first-order valence-electron chi connectivity index (χ1n) is 10.5. The summed E-state index contributed by atoms with van der Waals surface area (Å²) >= 11 is 6.02. The Bertz CT molecular complexity index is 657. The van der Waals surface area contributed by atoms with Crippen molar-refractivity contribution in [3.8, 4) is 0 Å². The Labute approximate surface area is 175 Å². The number of aliphatic hydroxyl groups is 1. The fourth-order valence-electron chi connectivity index (χ4n) is 4.10. The molecule has 158 valence electrons. The molecule has 1 aliphatic rings. The van der Waals surface area contributed by atoms with Crippen molar-refractivity contribution in [2.75, 3.05) is 19.6 Å². The molecule has 1 fully saturated rings. The molecule has 1 amide bonds. The topological polar surface area (TPSA) is 52.6 Å². The van der Waals surface area contributed by atoms with Gasteiger partial charge >= 0.3 is 0 Å². The predicted octanol–water partition coefficient (Wildman–Crippen LogP) is 4.45. The molecule has 0 aliphatic carbocycles. The smallest absolute Gasteiger partial charge is 0.239 e. The van der Waals surface area contributed by atoms with E-state index in [0.29, 0.717) is 30.5 Å². The molecular formula is C23H37ClN2O2. The van der Waals surface area contributed by atoms with Gasteiger partial charge in [-0.2, -0.15) is 0 Å². The molecule has 2 rings (SSSR count). The Morgan fingerprint density at radius 2 is 1.82 bits per heavy atom. The monoisotopic (exact) mass is 408 g/mol. The number of hydrogen-bond donors (Lipinski definition) is 2. The molecule has 0 spiro atoms. The van der Waals surface area contributed by atoms with E-state index >= 15 is 0 Å². The van der Waals surface area contributed by atoms with Gasteiger partial charge in [0, 0.05) is 23.5 Å². The van der Waals surface area contributed by atoms with Crippen molar-refractivity contribution in [2.45, 2.75) is 66.0 Å². The number of carbonyl (C=O) groups excluding carboxylic acids is 1. The third-order valence-corrected chi connectivity index (χ3v) is 6.35. The first-order valence-corrected chi connectivity index (χ1v) is 10.9. The van der Waals surface area contributed by atoms with Gasteiger partial charge < -0.3 is 15.3 Å². The quantitative estimate of drug-likeness (QED) is 0.700. The van der Waals surface area contributed by atoms with Crippen LogP contribution in [0.1, 0.15) is 59.9 Å². The molecule has 1 aliphatic heterocycles. The molecule has 1 heterocycles. The Balaban J connectivity index is 2.13. The third kappa shape index (κ3) is 5.08. The molecule has 0 bridgehead atoms. The zero-order valence-electron chi connectivity index (χ0n) is 18.3. The lowest BCUT2D eigenvalue weighted by Gasteiger charge is -2.51. The standard InChI is InChI=1S/C23H37ClN2O2/c1-16(2)11-13-25-20(17(3)4)21(27)26-14-12-23(28,22(5,6)15-26)18-7-9-19(24)10-8-18/h7-10,16-17,20,25,28H,11-15H2,1-6H3/t20-,23+/m1/s1. The van der Waals surface area contributed by atoms with Crippen molar-refractivity contribution < 1.29 is 9.90 Å². The molecule has 5 heteroatoms. The third-order valence-electron chi connectivity index (χ3n) is 6.10. The average Bonchev–Trinajstić information content (AvgIpc) is 2.60. The molecule has 1 saturated heterocycles. The van der Waals surface area contributed by atoms with Crippen LogP contribution in [0.5, 0.6) is 0 Å². The van der Waals surface area contributed by atoms with Gasteiger partial charge in [0.1, 0.15) is 0 Å². The van der Waals surface area contributed by atoms with Crippen LogP contribution >= 0.6 is 11.6 Å². The van der Waals surface area contributed by atoms with Gasteiger partial charge in [-0.05, 0) is 48.9 Å². The number of nitrogens with zero attached hydrogens (tertiary/aromatic N) is 1. The maximum absolute atomic E-state index is 13.3. The van der Waals surface area contributed by atoms with Crippen molar-refractivity contribution in [1.82, 2.24) is 10.2 Å². The van der Waals surface area contributed by atoms with Crippen LogP contribution in [0.4, 0.5) is 0 Å². The summed E-state index contributed by atoms with van der Waals surface area (Å²) in [5, 5.41) is 15.6. The number of carbonyl (C=O) groups is 1. The second-order valence-electron chi connectivity index (χ2n) is 9.62. The molecule has 0 saturated carbocycles. The number of amides is 1. The van der Waals surface area contributed by atoms with E-state index in [1.54, 1.807) is 0 Å². The van der Waals surface area contributed by atoms with Crippen LogP contribution < -0.4 is 5.32 Å². The van der Waals surface area contributed by atoms with Crippen LogP contribution in [0.3, 0.4) is 0 Å². The highest BCUT2D eigenvalue weighted by Crippen LogP contribution is 2.46. The minimum absolute atomic E-state index is 0.144. The van der Waals surface area contributed by atoms with E-state index in [-0.39, 0.29) is 17.9 Å². The van der Waals surface area contributed by atoms with Crippen molar-refractivity contribution in [3.05, 3.63) is 34.9 Å². The van der Waals surface area contributed by atoms with Gasteiger partial charge in [-0.15, -0.1) is 0 Å². The highest BCUT2D eigenvalue weighted by Gasteiger charge is 2.50. The molecule has 1 aromatic carbocycles. The van der Waals surface area contributed by atoms with Crippen molar-refractivity contribution in [3.63, 3.8) is 0 Å². The normalized spacial score (nSPS) is 23.3. The van der Waals surface area contributed by atoms with Crippen molar-refractivity contribution in [1.29, 1.82) is 0 Å². The number of halogens is 1. The number of likely N-dealkylation sites (tertiary alicyclic amines) is 1. The van der Waals surface area contributed by atoms with E-state index in [4.69, 9.17) is 11.6 Å². The Morgan fingerprint density at radius 3 is 2.32 bits per heavy atom. The highest BCUT2D eigenvalue weighted by atomic mass is 35.5. The maximum Gasteiger partial charge on any atom is 0.239 e. The fraction of sp³-hybridized carbons (Fsp3) is 0.696. The van der Waals surface area contributed by atoms with Crippen LogP contribution in [0.2, 0.25) is 5.02 Å². The van der Waals surface area contributed by atoms with E-state index in [1.165, 1.54) is 0 Å². The summed E-state index contributed by atoms with van der Waals surface area (Å²) in [7, 11) is 0. The van der Waals surface area contributed by atoms with Gasteiger partial charge in [0.05, 0.1) is 11.6 Å². The molecule has 2 N–H and O–H groups in total. The van der Waals surface area contributed by atoms with Gasteiger partial charge in [0.25, 0.3) is 0 Å². The van der Waals surface area contributed by atoms with Crippen LogP contribution in [0, 0.1) is 17.3 Å². The Morgan fingerprint density at radius 1 is 1.21 bits per heavy atom. The van der Waals surface area contributed by atoms with E-state index in [9.17, 15) is 9.90 Å². The summed E-state index contributed by atoms with van der Waals surface area (Å²) < 4.78 is 0. The van der Waals surface area contributed by atoms with Gasteiger partial charge in [-0.3, -0.25) is 4.79 Å². The molecule has 0 aromatic heterocycles. The Hall–Kier alpha value is -1.10. The maximum atomic E-state index is 13.3. The predicted molar refractivity (Wildman–Crippen MR) is 116 cm³/mol.